The van der Waals surface area contributed by atoms with E-state index in [4.69, 9.17) is 0 Å². The lowest BCUT2D eigenvalue weighted by Gasteiger charge is -2.01. The minimum atomic E-state index is 0.585. The van der Waals surface area contributed by atoms with Crippen molar-refractivity contribution in [2.75, 3.05) is 11.6 Å². The van der Waals surface area contributed by atoms with Gasteiger partial charge >= 0.3 is 0 Å². The van der Waals surface area contributed by atoms with Gasteiger partial charge in [-0.25, -0.2) is 4.98 Å². The van der Waals surface area contributed by atoms with E-state index in [1.54, 1.807) is 18.1 Å². The van der Waals surface area contributed by atoms with E-state index < -0.39 is 0 Å². The molecule has 2 rings (SSSR count). The van der Waals surface area contributed by atoms with Gasteiger partial charge in [0.25, 0.3) is 0 Å². The third kappa shape index (κ3) is 2.05. The number of anilines is 2. The third-order valence-electron chi connectivity index (χ3n) is 1.76. The Morgan fingerprint density at radius 2 is 2.07 bits per heavy atom. The second-order valence-corrected chi connectivity index (χ2v) is 3.56. The van der Waals surface area contributed by atoms with Gasteiger partial charge in [-0.05, 0) is 30.5 Å². The Hall–Kier alpha value is -1.49. The van der Waals surface area contributed by atoms with Gasteiger partial charge in [-0.2, -0.15) is 0 Å². The van der Waals surface area contributed by atoms with Crippen molar-refractivity contribution in [2.24, 2.45) is 0 Å². The molecule has 0 aliphatic rings. The molecule has 4 nitrogen and oxygen atoms in total. The molecule has 5 heteroatoms. The number of benzene rings is 1. The number of hydrogen-bond acceptors (Lipinski definition) is 4. The zero-order chi connectivity index (χ0) is 9.80. The molecule has 2 N–H and O–H groups in total. The fourth-order valence-corrected chi connectivity index (χ4v) is 1.48. The molecule has 72 valence electrons. The minimum Gasteiger partial charge on any atom is -0.323 e. The minimum absolute atomic E-state index is 0.585. The molecule has 14 heavy (non-hydrogen) atoms. The van der Waals surface area contributed by atoms with E-state index in [9.17, 15) is 0 Å². The Bertz CT molecular complexity index is 382. The highest BCUT2D eigenvalue weighted by atomic mass is 32.2. The quantitative estimate of drug-likeness (QED) is 0.756. The van der Waals surface area contributed by atoms with Crippen LogP contribution in [0.4, 0.5) is 11.6 Å². The van der Waals surface area contributed by atoms with Crippen molar-refractivity contribution in [3.63, 3.8) is 0 Å². The number of H-pyrrole nitrogens is 1. The Kier molecular flexibility index (Phi) is 2.69. The van der Waals surface area contributed by atoms with Crippen molar-refractivity contribution >= 4 is 23.4 Å². The van der Waals surface area contributed by atoms with Crippen LogP contribution >= 0.6 is 11.8 Å². The number of rotatable bonds is 3. The zero-order valence-corrected chi connectivity index (χ0v) is 8.51. The van der Waals surface area contributed by atoms with Crippen LogP contribution in [0.1, 0.15) is 0 Å². The summed E-state index contributed by atoms with van der Waals surface area (Å²) in [6.45, 7) is 0. The highest BCUT2D eigenvalue weighted by molar-refractivity contribution is 7.98. The van der Waals surface area contributed by atoms with Crippen LogP contribution in [0.5, 0.6) is 0 Å². The summed E-state index contributed by atoms with van der Waals surface area (Å²) in [7, 11) is 0. The first kappa shape index (κ1) is 9.08. The van der Waals surface area contributed by atoms with E-state index in [1.807, 2.05) is 12.1 Å². The summed E-state index contributed by atoms with van der Waals surface area (Å²) in [5, 5.41) is 9.62. The van der Waals surface area contributed by atoms with Crippen molar-refractivity contribution in [3.8, 4) is 0 Å². The molecule has 0 saturated heterocycles. The molecule has 2 aromatic rings. The summed E-state index contributed by atoms with van der Waals surface area (Å²) in [4.78, 5) is 5.21. The first-order chi connectivity index (χ1) is 6.88. The number of hydrogen-bond donors (Lipinski definition) is 2. The summed E-state index contributed by atoms with van der Waals surface area (Å²) in [6, 6.07) is 8.11. The van der Waals surface area contributed by atoms with Gasteiger partial charge in [0.2, 0.25) is 5.95 Å². The molecule has 0 atom stereocenters. The topological polar surface area (TPSA) is 53.6 Å². The van der Waals surface area contributed by atoms with Crippen LogP contribution in [0.15, 0.2) is 35.5 Å². The highest BCUT2D eigenvalue weighted by Gasteiger charge is 1.96. The van der Waals surface area contributed by atoms with Gasteiger partial charge in [-0.3, -0.25) is 5.10 Å². The fraction of sp³-hybridized carbons (Fsp3) is 0.111. The average Bonchev–Trinajstić information content (AvgIpc) is 2.72. The maximum atomic E-state index is 3.97. The van der Waals surface area contributed by atoms with Gasteiger partial charge < -0.3 is 5.32 Å². The van der Waals surface area contributed by atoms with E-state index in [0.717, 1.165) is 5.69 Å². The average molecular weight is 206 g/mol. The number of aromatic amines is 1. The summed E-state index contributed by atoms with van der Waals surface area (Å²) < 4.78 is 0. The SMILES string of the molecule is CSc1ccc(Nc2nc[nH]n2)cc1. The van der Waals surface area contributed by atoms with E-state index >= 15 is 0 Å². The summed E-state index contributed by atoms with van der Waals surface area (Å²) in [5.41, 5.74) is 0.988. The predicted molar refractivity (Wildman–Crippen MR) is 57.9 cm³/mol. The molecule has 0 spiro atoms. The molecular weight excluding hydrogens is 196 g/mol. The van der Waals surface area contributed by atoms with Crippen LogP contribution in [0, 0.1) is 0 Å². The second kappa shape index (κ2) is 4.15. The summed E-state index contributed by atoms with van der Waals surface area (Å²) >= 11 is 1.72. The lowest BCUT2D eigenvalue weighted by Crippen LogP contribution is -1.91. The van der Waals surface area contributed by atoms with E-state index in [-0.39, 0.29) is 0 Å². The lowest BCUT2D eigenvalue weighted by atomic mass is 10.3. The van der Waals surface area contributed by atoms with Crippen LogP contribution in [-0.2, 0) is 0 Å². The lowest BCUT2D eigenvalue weighted by molar-refractivity contribution is 1.09. The van der Waals surface area contributed by atoms with Crippen LogP contribution in [0.25, 0.3) is 0 Å². The van der Waals surface area contributed by atoms with Crippen molar-refractivity contribution < 1.29 is 0 Å². The number of nitrogens with zero attached hydrogens (tertiary/aromatic N) is 2. The molecule has 0 amide bonds. The van der Waals surface area contributed by atoms with Crippen LogP contribution in [0.2, 0.25) is 0 Å². The van der Waals surface area contributed by atoms with E-state index in [0.29, 0.717) is 5.95 Å². The molecule has 0 aliphatic heterocycles. The van der Waals surface area contributed by atoms with Crippen LogP contribution in [-0.4, -0.2) is 21.4 Å². The molecule has 0 bridgehead atoms. The van der Waals surface area contributed by atoms with Gasteiger partial charge in [0.05, 0.1) is 0 Å². The van der Waals surface area contributed by atoms with Crippen molar-refractivity contribution in [3.05, 3.63) is 30.6 Å². The van der Waals surface area contributed by atoms with Gasteiger partial charge in [0.1, 0.15) is 6.33 Å². The largest absolute Gasteiger partial charge is 0.323 e. The molecule has 0 saturated carbocycles. The third-order valence-corrected chi connectivity index (χ3v) is 2.50. The Morgan fingerprint density at radius 3 is 2.64 bits per heavy atom. The highest BCUT2D eigenvalue weighted by Crippen LogP contribution is 2.18. The first-order valence-corrected chi connectivity index (χ1v) is 5.38. The van der Waals surface area contributed by atoms with Gasteiger partial charge in [0, 0.05) is 10.6 Å². The number of nitrogens with one attached hydrogen (secondary N) is 2. The summed E-state index contributed by atoms with van der Waals surface area (Å²) in [6.07, 6.45) is 3.59. The smallest absolute Gasteiger partial charge is 0.246 e. The summed E-state index contributed by atoms with van der Waals surface area (Å²) in [5.74, 6) is 0.585. The van der Waals surface area contributed by atoms with E-state index in [2.05, 4.69) is 38.9 Å². The Balaban J connectivity index is 2.10. The molecule has 1 aromatic heterocycles. The maximum absolute atomic E-state index is 3.97. The molecular formula is C9H10N4S. The zero-order valence-electron chi connectivity index (χ0n) is 7.69. The fourth-order valence-electron chi connectivity index (χ4n) is 1.07. The molecule has 1 heterocycles. The standard InChI is InChI=1S/C9H10N4S/c1-14-8-4-2-7(3-5-8)12-9-10-6-11-13-9/h2-6H,1H3,(H2,10,11,12,13). The molecule has 0 unspecified atom stereocenters. The van der Waals surface area contributed by atoms with Crippen molar-refractivity contribution in [1.29, 1.82) is 0 Å². The van der Waals surface area contributed by atoms with Crippen molar-refractivity contribution in [1.82, 2.24) is 15.2 Å². The van der Waals surface area contributed by atoms with Crippen molar-refractivity contribution in [2.45, 2.75) is 4.90 Å². The van der Waals surface area contributed by atoms with E-state index in [1.165, 1.54) is 4.90 Å². The normalized spacial score (nSPS) is 10.1. The first-order valence-electron chi connectivity index (χ1n) is 4.15. The molecule has 0 radical (unpaired) electrons. The Morgan fingerprint density at radius 1 is 1.29 bits per heavy atom. The van der Waals surface area contributed by atoms with Crippen LogP contribution in [0.3, 0.4) is 0 Å². The molecule has 1 aromatic carbocycles. The van der Waals surface area contributed by atoms with Gasteiger partial charge in [-0.15, -0.1) is 16.9 Å². The monoisotopic (exact) mass is 206 g/mol. The second-order valence-electron chi connectivity index (χ2n) is 2.68. The van der Waals surface area contributed by atoms with Gasteiger partial charge in [-0.1, -0.05) is 0 Å². The number of thioether (sulfide) groups is 1. The molecule has 0 aliphatic carbocycles. The molecule has 0 fully saturated rings. The predicted octanol–water partition coefficient (Wildman–Crippen LogP) is 2.27. The maximum Gasteiger partial charge on any atom is 0.246 e. The van der Waals surface area contributed by atoms with Gasteiger partial charge in [0.15, 0.2) is 0 Å². The number of aromatic nitrogens is 3. The Labute approximate surface area is 86.1 Å². The van der Waals surface area contributed by atoms with Crippen LogP contribution < -0.4 is 5.32 Å².